The minimum absolute atomic E-state index is 0.834. The van der Waals surface area contributed by atoms with Crippen molar-refractivity contribution in [1.29, 1.82) is 0 Å². The van der Waals surface area contributed by atoms with Crippen molar-refractivity contribution < 1.29 is 0 Å². The van der Waals surface area contributed by atoms with E-state index in [-0.39, 0.29) is 0 Å². The Kier molecular flexibility index (Phi) is 1.91. The highest BCUT2D eigenvalue weighted by Crippen LogP contribution is 2.47. The van der Waals surface area contributed by atoms with E-state index in [0.717, 1.165) is 19.0 Å². The Labute approximate surface area is 91.3 Å². The number of benzene rings is 1. The fourth-order valence-electron chi connectivity index (χ4n) is 2.54. The largest absolute Gasteiger partial charge is 0.382 e. The quantitative estimate of drug-likeness (QED) is 0.753. The molecule has 0 atom stereocenters. The van der Waals surface area contributed by atoms with Crippen molar-refractivity contribution >= 4 is 11.4 Å². The van der Waals surface area contributed by atoms with Crippen LogP contribution in [-0.4, -0.2) is 20.1 Å². The molecule has 1 aromatic carbocycles. The van der Waals surface area contributed by atoms with E-state index in [2.05, 4.69) is 36.3 Å². The first-order valence-electron chi connectivity index (χ1n) is 5.85. The molecule has 80 valence electrons. The molecule has 0 aromatic heterocycles. The van der Waals surface area contributed by atoms with Crippen molar-refractivity contribution in [3.05, 3.63) is 23.3 Å². The second-order valence-corrected chi connectivity index (χ2v) is 4.87. The van der Waals surface area contributed by atoms with E-state index in [1.807, 2.05) is 0 Å². The zero-order valence-electron chi connectivity index (χ0n) is 9.51. The number of aryl methyl sites for hydroxylation is 1. The van der Waals surface area contributed by atoms with Crippen molar-refractivity contribution in [2.24, 2.45) is 0 Å². The molecule has 3 rings (SSSR count). The van der Waals surface area contributed by atoms with Crippen LogP contribution in [0.25, 0.3) is 0 Å². The Hall–Kier alpha value is -1.18. The second-order valence-electron chi connectivity index (χ2n) is 4.87. The highest BCUT2D eigenvalue weighted by Gasteiger charge is 2.29. The molecule has 1 heterocycles. The second kappa shape index (κ2) is 3.16. The lowest BCUT2D eigenvalue weighted by Crippen LogP contribution is -2.31. The molecule has 2 heteroatoms. The van der Waals surface area contributed by atoms with Gasteiger partial charge >= 0.3 is 0 Å². The number of nitrogens with one attached hydrogen (secondary N) is 1. The third-order valence-electron chi connectivity index (χ3n) is 3.45. The molecule has 0 bridgehead atoms. The van der Waals surface area contributed by atoms with Gasteiger partial charge < -0.3 is 10.2 Å². The summed E-state index contributed by atoms with van der Waals surface area (Å²) < 4.78 is 0. The summed E-state index contributed by atoms with van der Waals surface area (Å²) in [5.74, 6) is 0.834. The predicted octanol–water partition coefficient (Wildman–Crippen LogP) is 2.73. The third kappa shape index (κ3) is 1.48. The average molecular weight is 202 g/mol. The lowest BCUT2D eigenvalue weighted by Gasteiger charge is -2.31. The number of nitrogens with zero attached hydrogens (tertiary/aromatic N) is 1. The zero-order valence-corrected chi connectivity index (χ0v) is 9.51. The number of hydrogen-bond acceptors (Lipinski definition) is 2. The van der Waals surface area contributed by atoms with Crippen LogP contribution in [0.1, 0.15) is 29.9 Å². The lowest BCUT2D eigenvalue weighted by molar-refractivity contribution is 0.872. The minimum Gasteiger partial charge on any atom is -0.382 e. The van der Waals surface area contributed by atoms with Crippen LogP contribution in [0.4, 0.5) is 11.4 Å². The molecule has 1 N–H and O–H groups in total. The Morgan fingerprint density at radius 1 is 1.33 bits per heavy atom. The van der Waals surface area contributed by atoms with Gasteiger partial charge in [-0.2, -0.15) is 0 Å². The summed E-state index contributed by atoms with van der Waals surface area (Å²) in [6, 6.07) is 4.65. The molecular weight excluding hydrogens is 184 g/mol. The topological polar surface area (TPSA) is 15.3 Å². The normalized spacial score (nSPS) is 19.7. The first kappa shape index (κ1) is 9.08. The first-order valence-corrected chi connectivity index (χ1v) is 5.85. The molecule has 1 aliphatic heterocycles. The van der Waals surface area contributed by atoms with Crippen molar-refractivity contribution in [3.63, 3.8) is 0 Å². The fraction of sp³-hybridized carbons (Fsp3) is 0.538. The van der Waals surface area contributed by atoms with E-state index >= 15 is 0 Å². The summed E-state index contributed by atoms with van der Waals surface area (Å²) in [6.45, 7) is 4.38. The van der Waals surface area contributed by atoms with Gasteiger partial charge in [0, 0.05) is 20.1 Å². The molecule has 0 amide bonds. The third-order valence-corrected chi connectivity index (χ3v) is 3.45. The minimum atomic E-state index is 0.834. The van der Waals surface area contributed by atoms with Crippen molar-refractivity contribution in [2.75, 3.05) is 30.4 Å². The number of likely N-dealkylation sites (N-methyl/N-ethyl adjacent to an activating group) is 1. The van der Waals surface area contributed by atoms with Gasteiger partial charge in [0.05, 0.1) is 11.4 Å². The highest BCUT2D eigenvalue weighted by molar-refractivity contribution is 5.77. The van der Waals surface area contributed by atoms with Crippen LogP contribution in [0.3, 0.4) is 0 Å². The molecule has 2 aliphatic rings. The van der Waals surface area contributed by atoms with Crippen LogP contribution >= 0.6 is 0 Å². The highest BCUT2D eigenvalue weighted by atomic mass is 15.2. The fourth-order valence-corrected chi connectivity index (χ4v) is 2.54. The molecule has 1 saturated carbocycles. The van der Waals surface area contributed by atoms with Gasteiger partial charge in [-0.1, -0.05) is 6.07 Å². The van der Waals surface area contributed by atoms with Gasteiger partial charge in [-0.25, -0.2) is 0 Å². The van der Waals surface area contributed by atoms with E-state index in [1.54, 1.807) is 5.56 Å². The Morgan fingerprint density at radius 3 is 2.87 bits per heavy atom. The smallest absolute Gasteiger partial charge is 0.0635 e. The molecule has 0 radical (unpaired) electrons. The van der Waals surface area contributed by atoms with E-state index in [9.17, 15) is 0 Å². The molecule has 2 nitrogen and oxygen atoms in total. The Balaban J connectivity index is 2.15. The molecule has 1 aliphatic carbocycles. The predicted molar refractivity (Wildman–Crippen MR) is 64.9 cm³/mol. The van der Waals surface area contributed by atoms with Gasteiger partial charge in [0.25, 0.3) is 0 Å². The number of fused-ring (bicyclic) bond motifs is 1. The molecule has 1 fully saturated rings. The van der Waals surface area contributed by atoms with Gasteiger partial charge in [0.2, 0.25) is 0 Å². The van der Waals surface area contributed by atoms with Crippen molar-refractivity contribution in [3.8, 4) is 0 Å². The van der Waals surface area contributed by atoms with E-state index in [1.165, 1.54) is 29.8 Å². The molecular formula is C13H18N2. The number of rotatable bonds is 1. The van der Waals surface area contributed by atoms with Gasteiger partial charge in [-0.05, 0) is 42.9 Å². The van der Waals surface area contributed by atoms with Crippen LogP contribution in [0.5, 0.6) is 0 Å². The zero-order chi connectivity index (χ0) is 10.4. The van der Waals surface area contributed by atoms with E-state index < -0.39 is 0 Å². The van der Waals surface area contributed by atoms with Gasteiger partial charge in [0.15, 0.2) is 0 Å². The van der Waals surface area contributed by atoms with Gasteiger partial charge in [0.1, 0.15) is 0 Å². The maximum atomic E-state index is 3.52. The van der Waals surface area contributed by atoms with Crippen LogP contribution in [0.2, 0.25) is 0 Å². The van der Waals surface area contributed by atoms with Gasteiger partial charge in [-0.15, -0.1) is 0 Å². The van der Waals surface area contributed by atoms with Crippen LogP contribution in [-0.2, 0) is 0 Å². The number of hydrogen-bond donors (Lipinski definition) is 1. The Morgan fingerprint density at radius 2 is 2.13 bits per heavy atom. The molecule has 0 spiro atoms. The van der Waals surface area contributed by atoms with E-state index in [0.29, 0.717) is 0 Å². The SMILES string of the molecule is Cc1cc2c(c(C3CC3)c1)N(C)CCN2. The monoisotopic (exact) mass is 202 g/mol. The standard InChI is InChI=1S/C13H18N2/c1-9-7-11(10-3-4-10)13-12(8-9)14-5-6-15(13)2/h7-8,10,14H,3-6H2,1-2H3. The van der Waals surface area contributed by atoms with Crippen LogP contribution in [0.15, 0.2) is 12.1 Å². The maximum Gasteiger partial charge on any atom is 0.0635 e. The number of anilines is 2. The molecule has 15 heavy (non-hydrogen) atoms. The molecule has 0 saturated heterocycles. The van der Waals surface area contributed by atoms with Gasteiger partial charge in [-0.3, -0.25) is 0 Å². The summed E-state index contributed by atoms with van der Waals surface area (Å²) >= 11 is 0. The molecule has 0 unspecified atom stereocenters. The lowest BCUT2D eigenvalue weighted by atomic mass is 10.0. The molecule has 1 aromatic rings. The summed E-state index contributed by atoms with van der Waals surface area (Å²) in [6.07, 6.45) is 2.76. The van der Waals surface area contributed by atoms with Crippen molar-refractivity contribution in [2.45, 2.75) is 25.7 Å². The Bertz CT molecular complexity index is 394. The summed E-state index contributed by atoms with van der Waals surface area (Å²) in [7, 11) is 2.21. The summed E-state index contributed by atoms with van der Waals surface area (Å²) in [5, 5.41) is 3.52. The summed E-state index contributed by atoms with van der Waals surface area (Å²) in [5.41, 5.74) is 5.75. The first-order chi connectivity index (χ1) is 7.25. The summed E-state index contributed by atoms with van der Waals surface area (Å²) in [4.78, 5) is 2.40. The maximum absolute atomic E-state index is 3.52. The van der Waals surface area contributed by atoms with E-state index in [4.69, 9.17) is 0 Å². The van der Waals surface area contributed by atoms with Crippen LogP contribution in [0, 0.1) is 6.92 Å². The van der Waals surface area contributed by atoms with Crippen LogP contribution < -0.4 is 10.2 Å². The average Bonchev–Trinajstić information content (AvgIpc) is 2.99. The van der Waals surface area contributed by atoms with Crippen molar-refractivity contribution in [1.82, 2.24) is 0 Å².